The summed E-state index contributed by atoms with van der Waals surface area (Å²) in [4.78, 5) is 0. The molecule has 1 atom stereocenters. The maximum Gasteiger partial charge on any atom is 0.417 e. The smallest absolute Gasteiger partial charge is 0.386 e. The second-order valence-electron chi connectivity index (χ2n) is 3.14. The van der Waals surface area contributed by atoms with E-state index in [0.29, 0.717) is 5.54 Å². The lowest BCUT2D eigenvalue weighted by molar-refractivity contribution is 0.197. The highest BCUT2D eigenvalue weighted by atomic mass is 79.9. The zero-order valence-electron chi connectivity index (χ0n) is 9.10. The Hall–Kier alpha value is 0.617. The molecule has 0 amide bonds. The van der Waals surface area contributed by atoms with Crippen molar-refractivity contribution in [1.29, 1.82) is 0 Å². The number of hydrogen-bond acceptors (Lipinski definition) is 2. The van der Waals surface area contributed by atoms with Crippen LogP contribution >= 0.6 is 15.3 Å². The molecular weight excluding hydrogens is 248 g/mol. The van der Waals surface area contributed by atoms with Gasteiger partial charge in [0.15, 0.2) is 0 Å². The molecule has 13 heavy (non-hydrogen) atoms. The summed E-state index contributed by atoms with van der Waals surface area (Å²) < 4.78 is 11.4. The van der Waals surface area contributed by atoms with Gasteiger partial charge in [-0.25, -0.2) is 0 Å². The van der Waals surface area contributed by atoms with Crippen LogP contribution in [0.1, 0.15) is 40.5 Å². The Morgan fingerprint density at radius 1 is 1.15 bits per heavy atom. The summed E-state index contributed by atoms with van der Waals surface area (Å²) in [5.74, 6) is 0. The molecule has 2 nitrogen and oxygen atoms in total. The van der Waals surface area contributed by atoms with Crippen molar-refractivity contribution in [2.45, 2.75) is 46.1 Å². The summed E-state index contributed by atoms with van der Waals surface area (Å²) in [5, 5.41) is 0. The molecule has 0 aromatic carbocycles. The molecule has 1 unspecified atom stereocenters. The van der Waals surface area contributed by atoms with Gasteiger partial charge in [-0.1, -0.05) is 35.6 Å². The average Bonchev–Trinajstić information content (AvgIpc) is 2.05. The van der Waals surface area contributed by atoms with Crippen LogP contribution in [-0.4, -0.2) is 20.4 Å². The van der Waals surface area contributed by atoms with Crippen molar-refractivity contribution in [3.8, 4) is 0 Å². The predicted octanol–water partition coefficient (Wildman–Crippen LogP) is 3.58. The van der Waals surface area contributed by atoms with Gasteiger partial charge in [0.05, 0.1) is 0 Å². The first-order chi connectivity index (χ1) is 6.10. The van der Waals surface area contributed by atoms with Crippen molar-refractivity contribution < 1.29 is 8.85 Å². The SMILES string of the molecule is CCCC(C)[Si](Br)(OCC)OCC. The fourth-order valence-corrected chi connectivity index (χ4v) is 5.46. The Bertz CT molecular complexity index is 127. The van der Waals surface area contributed by atoms with E-state index in [-0.39, 0.29) is 0 Å². The molecule has 0 aromatic heterocycles. The van der Waals surface area contributed by atoms with Gasteiger partial charge in [-0.15, -0.1) is 0 Å². The van der Waals surface area contributed by atoms with Crippen molar-refractivity contribution in [2.75, 3.05) is 13.2 Å². The number of rotatable bonds is 7. The Labute approximate surface area is 90.8 Å². The fourth-order valence-electron chi connectivity index (χ4n) is 1.33. The number of hydrogen-bond donors (Lipinski definition) is 0. The van der Waals surface area contributed by atoms with E-state index in [2.05, 4.69) is 29.1 Å². The van der Waals surface area contributed by atoms with E-state index in [1.54, 1.807) is 0 Å². The van der Waals surface area contributed by atoms with Crippen molar-refractivity contribution in [1.82, 2.24) is 0 Å². The summed E-state index contributed by atoms with van der Waals surface area (Å²) >= 11 is 3.67. The van der Waals surface area contributed by atoms with E-state index >= 15 is 0 Å². The zero-order chi connectivity index (χ0) is 10.3. The van der Waals surface area contributed by atoms with Crippen LogP contribution in [0.3, 0.4) is 0 Å². The third-order valence-electron chi connectivity index (χ3n) is 1.99. The lowest BCUT2D eigenvalue weighted by Crippen LogP contribution is -2.39. The van der Waals surface area contributed by atoms with Crippen LogP contribution in [0.25, 0.3) is 0 Å². The molecule has 0 N–H and O–H groups in total. The minimum Gasteiger partial charge on any atom is -0.386 e. The fraction of sp³-hybridized carbons (Fsp3) is 1.00. The van der Waals surface area contributed by atoms with Crippen molar-refractivity contribution in [3.63, 3.8) is 0 Å². The molecule has 0 saturated heterocycles. The Kier molecular flexibility index (Phi) is 7.31. The summed E-state index contributed by atoms with van der Waals surface area (Å²) in [6.07, 6.45) is 2.35. The third kappa shape index (κ3) is 4.58. The van der Waals surface area contributed by atoms with E-state index in [1.807, 2.05) is 13.8 Å². The molecule has 0 aromatic rings. The van der Waals surface area contributed by atoms with Crippen LogP contribution in [-0.2, 0) is 8.85 Å². The maximum atomic E-state index is 5.72. The van der Waals surface area contributed by atoms with Gasteiger partial charge in [0.2, 0.25) is 0 Å². The molecule has 80 valence electrons. The zero-order valence-corrected chi connectivity index (χ0v) is 11.7. The lowest BCUT2D eigenvalue weighted by Gasteiger charge is -2.29. The van der Waals surface area contributed by atoms with Crippen molar-refractivity contribution in [3.05, 3.63) is 0 Å². The molecule has 0 spiro atoms. The van der Waals surface area contributed by atoms with Crippen LogP contribution in [0.4, 0.5) is 0 Å². The molecule has 0 fully saturated rings. The Morgan fingerprint density at radius 2 is 1.62 bits per heavy atom. The maximum absolute atomic E-state index is 5.72. The van der Waals surface area contributed by atoms with E-state index in [0.717, 1.165) is 19.6 Å². The molecule has 0 rings (SSSR count). The molecule has 0 radical (unpaired) electrons. The van der Waals surface area contributed by atoms with Gasteiger partial charge in [0, 0.05) is 18.8 Å². The van der Waals surface area contributed by atoms with Crippen molar-refractivity contribution >= 4 is 22.5 Å². The van der Waals surface area contributed by atoms with Crippen LogP contribution < -0.4 is 0 Å². The van der Waals surface area contributed by atoms with Crippen LogP contribution in [0, 0.1) is 0 Å². The van der Waals surface area contributed by atoms with E-state index in [9.17, 15) is 0 Å². The van der Waals surface area contributed by atoms with Crippen LogP contribution in [0.2, 0.25) is 5.54 Å². The third-order valence-corrected chi connectivity index (χ3v) is 8.54. The molecule has 4 heteroatoms. The van der Waals surface area contributed by atoms with Gasteiger partial charge in [0.1, 0.15) is 0 Å². The topological polar surface area (TPSA) is 18.5 Å². The highest BCUT2D eigenvalue weighted by Gasteiger charge is 2.40. The first-order valence-corrected chi connectivity index (χ1v) is 9.22. The normalized spacial score (nSPS) is 14.5. The first kappa shape index (κ1) is 13.6. The molecule has 0 aliphatic carbocycles. The lowest BCUT2D eigenvalue weighted by atomic mass is 10.3. The minimum absolute atomic E-state index is 0.511. The largest absolute Gasteiger partial charge is 0.417 e. The highest BCUT2D eigenvalue weighted by molar-refractivity contribution is 9.25. The van der Waals surface area contributed by atoms with Gasteiger partial charge < -0.3 is 8.85 Å². The van der Waals surface area contributed by atoms with Gasteiger partial charge in [-0.05, 0) is 20.3 Å². The Balaban J connectivity index is 4.18. The van der Waals surface area contributed by atoms with Gasteiger partial charge >= 0.3 is 7.18 Å². The second-order valence-corrected chi connectivity index (χ2v) is 9.18. The summed E-state index contributed by atoms with van der Waals surface area (Å²) in [7, 11) is -2.06. The minimum atomic E-state index is -2.06. The highest BCUT2D eigenvalue weighted by Crippen LogP contribution is 2.33. The Morgan fingerprint density at radius 3 is 1.92 bits per heavy atom. The van der Waals surface area contributed by atoms with Gasteiger partial charge in [0.25, 0.3) is 0 Å². The summed E-state index contributed by atoms with van der Waals surface area (Å²) in [6.45, 7) is 9.88. The van der Waals surface area contributed by atoms with Gasteiger partial charge in [-0.3, -0.25) is 0 Å². The van der Waals surface area contributed by atoms with Gasteiger partial charge in [-0.2, -0.15) is 0 Å². The molecule has 0 saturated carbocycles. The van der Waals surface area contributed by atoms with E-state index in [4.69, 9.17) is 8.85 Å². The number of halogens is 1. The quantitative estimate of drug-likeness (QED) is 0.519. The second kappa shape index (κ2) is 6.98. The average molecular weight is 269 g/mol. The molecule has 0 bridgehead atoms. The van der Waals surface area contributed by atoms with E-state index in [1.165, 1.54) is 6.42 Å². The summed E-state index contributed by atoms with van der Waals surface area (Å²) in [6, 6.07) is 0. The molecule has 0 aliphatic heterocycles. The summed E-state index contributed by atoms with van der Waals surface area (Å²) in [5.41, 5.74) is 0.511. The first-order valence-electron chi connectivity index (χ1n) is 5.07. The van der Waals surface area contributed by atoms with E-state index < -0.39 is 7.18 Å². The van der Waals surface area contributed by atoms with Crippen molar-refractivity contribution in [2.24, 2.45) is 0 Å². The standard InChI is InChI=1S/C9H21BrO2Si/c1-5-8-9(4)13(10,11-6-2)12-7-3/h9H,5-8H2,1-4H3. The van der Waals surface area contributed by atoms with Crippen LogP contribution in [0.5, 0.6) is 0 Å². The monoisotopic (exact) mass is 268 g/mol. The molecule has 0 aliphatic rings. The molecular formula is C9H21BrO2Si. The van der Waals surface area contributed by atoms with Crippen LogP contribution in [0.15, 0.2) is 0 Å². The molecule has 0 heterocycles. The predicted molar refractivity (Wildman–Crippen MR) is 62.3 cm³/mol.